The molecule has 1 aromatic carbocycles. The summed E-state index contributed by atoms with van der Waals surface area (Å²) in [6.07, 6.45) is 9.99. The van der Waals surface area contributed by atoms with Gasteiger partial charge in [-0.1, -0.05) is 58.0 Å². The number of hydrogen-bond acceptors (Lipinski definition) is 2. The molecule has 31 heavy (non-hydrogen) atoms. The number of carboxylic acids is 1. The highest BCUT2D eigenvalue weighted by atomic mass is 16.4. The lowest BCUT2D eigenvalue weighted by atomic mass is 9.63. The van der Waals surface area contributed by atoms with E-state index in [2.05, 4.69) is 57.0 Å². The van der Waals surface area contributed by atoms with Gasteiger partial charge >= 0.3 is 5.97 Å². The summed E-state index contributed by atoms with van der Waals surface area (Å²) < 4.78 is 0. The van der Waals surface area contributed by atoms with Gasteiger partial charge in [-0.15, -0.1) is 0 Å². The topological polar surface area (TPSA) is 50.2 Å². The van der Waals surface area contributed by atoms with E-state index in [4.69, 9.17) is 5.11 Å². The zero-order valence-electron chi connectivity index (χ0n) is 19.3. The summed E-state index contributed by atoms with van der Waals surface area (Å²) in [5, 5.41) is 8.94. The van der Waals surface area contributed by atoms with Gasteiger partial charge in [-0.3, -0.25) is 4.98 Å². The number of rotatable bonds is 4. The van der Waals surface area contributed by atoms with Crippen LogP contribution in [0.1, 0.15) is 94.2 Å². The predicted octanol–water partition coefficient (Wildman–Crippen LogP) is 6.88. The highest BCUT2D eigenvalue weighted by Crippen LogP contribution is 2.47. The van der Waals surface area contributed by atoms with Crippen molar-refractivity contribution in [1.82, 2.24) is 4.98 Å². The summed E-state index contributed by atoms with van der Waals surface area (Å²) in [4.78, 5) is 15.5. The third-order valence-electron chi connectivity index (χ3n) is 7.31. The maximum atomic E-state index is 10.9. The minimum Gasteiger partial charge on any atom is -0.478 e. The van der Waals surface area contributed by atoms with Crippen LogP contribution in [-0.2, 0) is 15.6 Å². The molecule has 0 aliphatic heterocycles. The van der Waals surface area contributed by atoms with Crippen molar-refractivity contribution < 1.29 is 9.90 Å². The molecule has 1 atom stereocenters. The molecule has 0 fully saturated rings. The minimum atomic E-state index is -0.929. The van der Waals surface area contributed by atoms with Crippen molar-refractivity contribution in [2.24, 2.45) is 0 Å². The van der Waals surface area contributed by atoms with E-state index in [0.717, 1.165) is 24.1 Å². The summed E-state index contributed by atoms with van der Waals surface area (Å²) in [5.74, 6) is -0.616. The normalized spacial score (nSPS) is 22.0. The molecular weight excluding hydrogens is 382 g/mol. The number of carbonyl (C=O) groups is 1. The molecule has 1 aromatic heterocycles. The first-order valence-corrected chi connectivity index (χ1v) is 11.3. The summed E-state index contributed by atoms with van der Waals surface area (Å²) in [6, 6.07) is 11.1. The molecule has 2 aliphatic rings. The largest absolute Gasteiger partial charge is 0.478 e. The highest BCUT2D eigenvalue weighted by molar-refractivity contribution is 5.89. The minimum absolute atomic E-state index is 0.220. The second kappa shape index (κ2) is 7.78. The molecule has 1 heterocycles. The molecule has 0 bridgehead atoms. The van der Waals surface area contributed by atoms with Gasteiger partial charge in [0.1, 0.15) is 0 Å². The van der Waals surface area contributed by atoms with Crippen molar-refractivity contribution in [3.63, 3.8) is 0 Å². The molecular formula is C28H33NO2. The van der Waals surface area contributed by atoms with Crippen molar-refractivity contribution in [3.05, 3.63) is 76.6 Å². The molecule has 3 nitrogen and oxygen atoms in total. The van der Waals surface area contributed by atoms with Crippen molar-refractivity contribution >= 4 is 17.1 Å². The Morgan fingerprint density at radius 3 is 2.42 bits per heavy atom. The van der Waals surface area contributed by atoms with E-state index in [-0.39, 0.29) is 10.8 Å². The van der Waals surface area contributed by atoms with Crippen molar-refractivity contribution in [2.75, 3.05) is 0 Å². The average Bonchev–Trinajstić information content (AvgIpc) is 3.21. The van der Waals surface area contributed by atoms with E-state index in [1.807, 2.05) is 12.1 Å². The second-order valence-corrected chi connectivity index (χ2v) is 10.5. The van der Waals surface area contributed by atoms with E-state index < -0.39 is 5.97 Å². The van der Waals surface area contributed by atoms with Crippen LogP contribution >= 0.6 is 0 Å². The van der Waals surface area contributed by atoms with E-state index in [9.17, 15) is 4.79 Å². The molecule has 4 rings (SSSR count). The molecule has 162 valence electrons. The molecule has 1 unspecified atom stereocenters. The Balaban J connectivity index is 1.60. The first-order valence-electron chi connectivity index (χ1n) is 11.3. The van der Waals surface area contributed by atoms with E-state index in [1.165, 1.54) is 41.2 Å². The smallest absolute Gasteiger partial charge is 0.328 e. The molecule has 2 aromatic rings. The van der Waals surface area contributed by atoms with Gasteiger partial charge in [0.05, 0.1) is 0 Å². The highest BCUT2D eigenvalue weighted by Gasteiger charge is 2.37. The lowest BCUT2D eigenvalue weighted by molar-refractivity contribution is -0.131. The Morgan fingerprint density at radius 1 is 1.06 bits per heavy atom. The van der Waals surface area contributed by atoms with Crippen LogP contribution < -0.4 is 0 Å². The second-order valence-electron chi connectivity index (χ2n) is 10.5. The molecule has 3 heteroatoms. The maximum Gasteiger partial charge on any atom is 0.328 e. The lowest BCUT2D eigenvalue weighted by Gasteiger charge is -2.42. The fourth-order valence-corrected chi connectivity index (χ4v) is 5.11. The zero-order chi connectivity index (χ0) is 22.4. The zero-order valence-corrected chi connectivity index (χ0v) is 19.3. The molecule has 2 aliphatic carbocycles. The SMILES string of the molecule is C/C(=C/C(=O)O)c1ccc(C2C=C(c3ccc4c(c3)C(C)(C)CCC4(C)C)CC2)nc1. The van der Waals surface area contributed by atoms with Gasteiger partial charge in [0.25, 0.3) is 0 Å². The maximum absolute atomic E-state index is 10.9. The molecule has 0 amide bonds. The number of benzene rings is 1. The Labute approximate surface area is 185 Å². The lowest BCUT2D eigenvalue weighted by Crippen LogP contribution is -2.33. The van der Waals surface area contributed by atoms with E-state index in [0.29, 0.717) is 11.5 Å². The number of fused-ring (bicyclic) bond motifs is 1. The number of carboxylic acid groups (broad SMARTS) is 1. The molecule has 0 saturated carbocycles. The van der Waals surface area contributed by atoms with Gasteiger partial charge in [-0.2, -0.15) is 0 Å². The Hall–Kier alpha value is -2.68. The van der Waals surface area contributed by atoms with Crippen LogP contribution in [0.15, 0.2) is 48.7 Å². The molecule has 0 spiro atoms. The van der Waals surface area contributed by atoms with Crippen molar-refractivity contribution in [2.45, 2.75) is 77.0 Å². The summed E-state index contributed by atoms with van der Waals surface area (Å²) in [6.45, 7) is 11.3. The van der Waals surface area contributed by atoms with Crippen LogP contribution in [0.5, 0.6) is 0 Å². The first kappa shape index (κ1) is 21.5. The standard InChI is InChI=1S/C28H33NO2/c1-18(14-26(30)31)22-9-11-25(29-17-22)21-7-6-19(15-21)20-8-10-23-24(16-20)28(4,5)13-12-27(23,2)3/h8-11,14-17,21H,6-7,12-13H2,1-5H3,(H,30,31)/b18-14-. The van der Waals surface area contributed by atoms with Gasteiger partial charge < -0.3 is 5.11 Å². The van der Waals surface area contributed by atoms with Crippen LogP contribution in [0.2, 0.25) is 0 Å². The van der Waals surface area contributed by atoms with Crippen LogP contribution in [0.25, 0.3) is 11.1 Å². The predicted molar refractivity (Wildman–Crippen MR) is 127 cm³/mol. The van der Waals surface area contributed by atoms with Crippen LogP contribution in [0, 0.1) is 0 Å². The molecule has 0 saturated heterocycles. The van der Waals surface area contributed by atoms with Gasteiger partial charge in [0.15, 0.2) is 0 Å². The van der Waals surface area contributed by atoms with Crippen LogP contribution in [0.3, 0.4) is 0 Å². The summed E-state index contributed by atoms with van der Waals surface area (Å²) >= 11 is 0. The van der Waals surface area contributed by atoms with Gasteiger partial charge in [-0.25, -0.2) is 4.79 Å². The van der Waals surface area contributed by atoms with Gasteiger partial charge in [0.2, 0.25) is 0 Å². The van der Waals surface area contributed by atoms with E-state index in [1.54, 1.807) is 13.1 Å². The Morgan fingerprint density at radius 2 is 1.77 bits per heavy atom. The third-order valence-corrected chi connectivity index (χ3v) is 7.31. The monoisotopic (exact) mass is 415 g/mol. The first-order chi connectivity index (χ1) is 14.6. The van der Waals surface area contributed by atoms with Gasteiger partial charge in [-0.05, 0) is 82.9 Å². The quantitative estimate of drug-likeness (QED) is 0.554. The number of allylic oxidation sites excluding steroid dienone is 3. The summed E-state index contributed by atoms with van der Waals surface area (Å²) in [7, 11) is 0. The van der Waals surface area contributed by atoms with Crippen LogP contribution in [0.4, 0.5) is 0 Å². The number of nitrogens with zero attached hydrogens (tertiary/aromatic N) is 1. The van der Waals surface area contributed by atoms with E-state index >= 15 is 0 Å². The Bertz CT molecular complexity index is 1070. The Kier molecular flexibility index (Phi) is 5.41. The van der Waals surface area contributed by atoms with Crippen molar-refractivity contribution in [3.8, 4) is 0 Å². The van der Waals surface area contributed by atoms with Crippen LogP contribution in [-0.4, -0.2) is 16.1 Å². The number of pyridine rings is 1. The fourth-order valence-electron chi connectivity index (χ4n) is 5.11. The number of aromatic nitrogens is 1. The van der Waals surface area contributed by atoms with Crippen molar-refractivity contribution in [1.29, 1.82) is 0 Å². The summed E-state index contributed by atoms with van der Waals surface area (Å²) in [5.41, 5.74) is 8.87. The molecule has 0 radical (unpaired) electrons. The number of aliphatic carboxylic acids is 1. The number of hydrogen-bond donors (Lipinski definition) is 1. The third kappa shape index (κ3) is 4.23. The van der Waals surface area contributed by atoms with Gasteiger partial charge in [0, 0.05) is 23.9 Å². The fraction of sp³-hybridized carbons (Fsp3) is 0.429. The molecule has 1 N–H and O–H groups in total. The average molecular weight is 416 g/mol.